The zero-order valence-corrected chi connectivity index (χ0v) is 8.34. The van der Waals surface area contributed by atoms with Gasteiger partial charge in [-0.25, -0.2) is 4.98 Å². The third-order valence-electron chi connectivity index (χ3n) is 2.07. The average Bonchev–Trinajstić information content (AvgIpc) is 2.30. The first-order valence-corrected chi connectivity index (χ1v) is 4.50. The number of nitrogen functional groups attached to an aromatic ring is 1. The Kier molecular flexibility index (Phi) is 2.49. The Labute approximate surface area is 87.7 Å². The predicted molar refractivity (Wildman–Crippen MR) is 58.4 cm³/mol. The standard InChI is InChI=1S/C11H11N3O/c1-15-10-4-9(5-13-7-10)8-2-3-11(12)14-6-8/h2-7H,1H3,(H2,12,14). The number of hydrogen-bond acceptors (Lipinski definition) is 4. The summed E-state index contributed by atoms with van der Waals surface area (Å²) in [4.78, 5) is 8.09. The molecule has 4 nitrogen and oxygen atoms in total. The van der Waals surface area contributed by atoms with Crippen molar-refractivity contribution in [2.24, 2.45) is 0 Å². The number of nitrogens with two attached hydrogens (primary N) is 1. The largest absolute Gasteiger partial charge is 0.495 e. The first-order valence-electron chi connectivity index (χ1n) is 4.50. The maximum absolute atomic E-state index is 5.51. The Hall–Kier alpha value is -2.10. The number of ether oxygens (including phenoxy) is 1. The molecule has 0 amide bonds. The number of anilines is 1. The molecule has 0 spiro atoms. The van der Waals surface area contributed by atoms with E-state index in [9.17, 15) is 0 Å². The highest BCUT2D eigenvalue weighted by Gasteiger charge is 2.00. The van der Waals surface area contributed by atoms with Crippen LogP contribution in [0.3, 0.4) is 0 Å². The molecule has 2 aromatic heterocycles. The van der Waals surface area contributed by atoms with E-state index in [-0.39, 0.29) is 0 Å². The van der Waals surface area contributed by atoms with Gasteiger partial charge in [0.1, 0.15) is 11.6 Å². The van der Waals surface area contributed by atoms with Crippen molar-refractivity contribution >= 4 is 5.82 Å². The molecule has 0 bridgehead atoms. The molecule has 2 N–H and O–H groups in total. The van der Waals surface area contributed by atoms with E-state index in [1.807, 2.05) is 12.1 Å². The predicted octanol–water partition coefficient (Wildman–Crippen LogP) is 1.73. The van der Waals surface area contributed by atoms with Crippen LogP contribution in [0.4, 0.5) is 5.82 Å². The quantitative estimate of drug-likeness (QED) is 0.803. The summed E-state index contributed by atoms with van der Waals surface area (Å²) in [5, 5.41) is 0. The molecule has 0 radical (unpaired) electrons. The summed E-state index contributed by atoms with van der Waals surface area (Å²) in [6, 6.07) is 5.56. The summed E-state index contributed by atoms with van der Waals surface area (Å²) < 4.78 is 5.09. The molecule has 0 unspecified atom stereocenters. The minimum atomic E-state index is 0.509. The van der Waals surface area contributed by atoms with E-state index in [1.54, 1.807) is 31.8 Å². The summed E-state index contributed by atoms with van der Waals surface area (Å²) in [5.41, 5.74) is 7.44. The second-order valence-corrected chi connectivity index (χ2v) is 3.09. The van der Waals surface area contributed by atoms with E-state index in [0.717, 1.165) is 16.9 Å². The van der Waals surface area contributed by atoms with Gasteiger partial charge in [-0.1, -0.05) is 0 Å². The average molecular weight is 201 g/mol. The molecule has 2 rings (SSSR count). The lowest BCUT2D eigenvalue weighted by Crippen LogP contribution is -1.90. The molecule has 0 aliphatic heterocycles. The lowest BCUT2D eigenvalue weighted by atomic mass is 10.1. The second kappa shape index (κ2) is 3.96. The number of rotatable bonds is 2. The normalized spacial score (nSPS) is 9.93. The van der Waals surface area contributed by atoms with Gasteiger partial charge < -0.3 is 10.5 Å². The Morgan fingerprint density at radius 1 is 1.13 bits per heavy atom. The van der Waals surface area contributed by atoms with Crippen LogP contribution in [0.1, 0.15) is 0 Å². The summed E-state index contributed by atoms with van der Waals surface area (Å²) in [7, 11) is 1.61. The van der Waals surface area contributed by atoms with E-state index in [2.05, 4.69) is 9.97 Å². The molecule has 0 fully saturated rings. The summed E-state index contributed by atoms with van der Waals surface area (Å²) >= 11 is 0. The van der Waals surface area contributed by atoms with Gasteiger partial charge in [0.15, 0.2) is 0 Å². The van der Waals surface area contributed by atoms with Crippen molar-refractivity contribution in [1.82, 2.24) is 9.97 Å². The van der Waals surface area contributed by atoms with Crippen molar-refractivity contribution in [3.05, 3.63) is 36.8 Å². The molecule has 4 heteroatoms. The molecule has 0 aromatic carbocycles. The van der Waals surface area contributed by atoms with Crippen molar-refractivity contribution in [2.45, 2.75) is 0 Å². The molecule has 0 saturated heterocycles. The second-order valence-electron chi connectivity index (χ2n) is 3.09. The van der Waals surface area contributed by atoms with Crippen molar-refractivity contribution in [3.8, 4) is 16.9 Å². The van der Waals surface area contributed by atoms with Crippen LogP contribution >= 0.6 is 0 Å². The maximum atomic E-state index is 5.51. The lowest BCUT2D eigenvalue weighted by Gasteiger charge is -2.03. The third kappa shape index (κ3) is 2.04. The van der Waals surface area contributed by atoms with Gasteiger partial charge >= 0.3 is 0 Å². The van der Waals surface area contributed by atoms with Gasteiger partial charge in [-0.2, -0.15) is 0 Å². The summed E-state index contributed by atoms with van der Waals surface area (Å²) in [6.07, 6.45) is 5.13. The molecular weight excluding hydrogens is 190 g/mol. The monoisotopic (exact) mass is 201 g/mol. The van der Waals surface area contributed by atoms with Crippen molar-refractivity contribution < 1.29 is 4.74 Å². The number of methoxy groups -OCH3 is 1. The molecule has 0 aliphatic rings. The fourth-order valence-corrected chi connectivity index (χ4v) is 1.26. The van der Waals surface area contributed by atoms with Crippen LogP contribution in [0, 0.1) is 0 Å². The molecule has 15 heavy (non-hydrogen) atoms. The number of aromatic nitrogens is 2. The van der Waals surface area contributed by atoms with Crippen LogP contribution in [-0.2, 0) is 0 Å². The van der Waals surface area contributed by atoms with Crippen molar-refractivity contribution in [3.63, 3.8) is 0 Å². The van der Waals surface area contributed by atoms with Crippen molar-refractivity contribution in [2.75, 3.05) is 12.8 Å². The van der Waals surface area contributed by atoms with Crippen LogP contribution in [0.15, 0.2) is 36.8 Å². The zero-order valence-electron chi connectivity index (χ0n) is 8.34. The highest BCUT2D eigenvalue weighted by molar-refractivity contribution is 5.63. The Bertz CT molecular complexity index is 454. The minimum Gasteiger partial charge on any atom is -0.495 e. The molecule has 76 valence electrons. The van der Waals surface area contributed by atoms with E-state index < -0.39 is 0 Å². The molecule has 0 saturated carbocycles. The fraction of sp³-hybridized carbons (Fsp3) is 0.0909. The summed E-state index contributed by atoms with van der Waals surface area (Å²) in [5.74, 6) is 1.24. The lowest BCUT2D eigenvalue weighted by molar-refractivity contribution is 0.413. The summed E-state index contributed by atoms with van der Waals surface area (Å²) in [6.45, 7) is 0. The molecule has 0 aliphatic carbocycles. The Balaban J connectivity index is 2.40. The van der Waals surface area contributed by atoms with E-state index in [0.29, 0.717) is 5.82 Å². The minimum absolute atomic E-state index is 0.509. The topological polar surface area (TPSA) is 61.0 Å². The molecule has 2 heterocycles. The highest BCUT2D eigenvalue weighted by Crippen LogP contribution is 2.21. The van der Waals surface area contributed by atoms with E-state index in [1.165, 1.54) is 0 Å². The Morgan fingerprint density at radius 2 is 2.00 bits per heavy atom. The van der Waals surface area contributed by atoms with Gasteiger partial charge in [-0.15, -0.1) is 0 Å². The van der Waals surface area contributed by atoms with Gasteiger partial charge in [-0.05, 0) is 18.2 Å². The van der Waals surface area contributed by atoms with Crippen molar-refractivity contribution in [1.29, 1.82) is 0 Å². The third-order valence-corrected chi connectivity index (χ3v) is 2.07. The highest BCUT2D eigenvalue weighted by atomic mass is 16.5. The number of nitrogens with zero attached hydrogens (tertiary/aromatic N) is 2. The van der Waals surface area contributed by atoms with Gasteiger partial charge in [0.25, 0.3) is 0 Å². The number of pyridine rings is 2. The van der Waals surface area contributed by atoms with Crippen LogP contribution in [0.5, 0.6) is 5.75 Å². The molecule has 0 atom stereocenters. The van der Waals surface area contributed by atoms with Crippen LogP contribution in [0.2, 0.25) is 0 Å². The molecular formula is C11H11N3O. The maximum Gasteiger partial charge on any atom is 0.137 e. The van der Waals surface area contributed by atoms with Gasteiger partial charge in [-0.3, -0.25) is 4.98 Å². The van der Waals surface area contributed by atoms with Crippen LogP contribution in [0.25, 0.3) is 11.1 Å². The SMILES string of the molecule is COc1cncc(-c2ccc(N)nc2)c1. The zero-order chi connectivity index (χ0) is 10.7. The Morgan fingerprint density at radius 3 is 2.67 bits per heavy atom. The fourth-order valence-electron chi connectivity index (χ4n) is 1.26. The number of hydrogen-bond donors (Lipinski definition) is 1. The first kappa shape index (κ1) is 9.45. The first-order chi connectivity index (χ1) is 7.29. The van der Waals surface area contributed by atoms with Gasteiger partial charge in [0.2, 0.25) is 0 Å². The molecule has 2 aromatic rings. The van der Waals surface area contributed by atoms with Gasteiger partial charge in [0.05, 0.1) is 13.3 Å². The van der Waals surface area contributed by atoms with E-state index in [4.69, 9.17) is 10.5 Å². The van der Waals surface area contributed by atoms with E-state index >= 15 is 0 Å². The van der Waals surface area contributed by atoms with Gasteiger partial charge in [0, 0.05) is 23.5 Å². The van der Waals surface area contributed by atoms with Crippen LogP contribution < -0.4 is 10.5 Å². The van der Waals surface area contributed by atoms with Crippen LogP contribution in [-0.4, -0.2) is 17.1 Å². The smallest absolute Gasteiger partial charge is 0.137 e.